The molecule has 0 aliphatic rings. The summed E-state index contributed by atoms with van der Waals surface area (Å²) in [6, 6.07) is 37.2. The zero-order valence-corrected chi connectivity index (χ0v) is 46.6. The van der Waals surface area contributed by atoms with Crippen LogP contribution in [0.2, 0.25) is 5.02 Å². The maximum Gasteiger partial charge on any atom is 0.329 e. The number of aryl methyl sites for hydroxylation is 1. The first-order chi connectivity index (χ1) is 38.4. The Bertz CT molecular complexity index is 2980. The topological polar surface area (TPSA) is 374 Å². The van der Waals surface area contributed by atoms with E-state index in [1.807, 2.05) is 78.7 Å². The minimum absolute atomic E-state index is 0.0104. The van der Waals surface area contributed by atoms with Crippen LogP contribution in [0, 0.1) is 24.4 Å². The number of Topliss-reactive ketones (excluding diaryl/α,β-unsaturated/α-hetero) is 3. The maximum atomic E-state index is 12.8. The molecular weight excluding hydrogens is 1100 g/mol. The van der Waals surface area contributed by atoms with Gasteiger partial charge < -0.3 is 37.9 Å². The van der Waals surface area contributed by atoms with E-state index in [1.54, 1.807) is 50.4 Å². The standard InChI is InChI=1S/C10H15N3O2.C10H13NO.C9H10ClNO3S.C9H12FN3O.C9H10FNO.C8H10FN3O/c1-7(12-10(14)13-11)8-4-3-5-9(6-8)15-2;1-8-3-2-4-9(5-8)6-10(12)7-11;10-7-1-3-9(4-2-7)15(13,14)6-8(12)5-11;1-6(12-9(14)13-11)7-3-2-4-8(10)5-7;10-8-3-1-2-7(4-8)5-9(12)6-11;9-7-3-1-2-6(4-7)5-11-8(13)12-10/h3-7H,11H2,1-2H3,(H2,12,13,14);2-5H,6-7,11H2,1H3;1-4H,5-6,11H2;2-6H,11H2,1H3,(H2,12,13,14);1-4H,5-6,11H2;1-4H,5,10H2,(H2,11,12,13)/t7-;;;;;/m1...../s1. The molecule has 6 rings (SSSR count). The van der Waals surface area contributed by atoms with E-state index in [0.717, 1.165) is 16.9 Å². The van der Waals surface area contributed by atoms with E-state index in [2.05, 4.69) is 16.0 Å². The summed E-state index contributed by atoms with van der Waals surface area (Å²) >= 11 is 5.61. The van der Waals surface area contributed by atoms with Gasteiger partial charge in [0, 0.05) is 24.4 Å². The Morgan fingerprint density at radius 1 is 0.543 bits per heavy atom. The molecule has 2 atom stereocenters. The highest BCUT2D eigenvalue weighted by Gasteiger charge is 2.18. The van der Waals surface area contributed by atoms with Gasteiger partial charge in [-0.2, -0.15) is 0 Å². The molecule has 6 aromatic carbocycles. The Balaban J connectivity index is 0.000000487. The molecule has 0 fully saturated rings. The van der Waals surface area contributed by atoms with Crippen LogP contribution in [0.15, 0.2) is 150 Å². The second-order valence-corrected chi connectivity index (χ2v) is 19.3. The second kappa shape index (κ2) is 39.2. The van der Waals surface area contributed by atoms with Crippen LogP contribution in [0.4, 0.5) is 27.6 Å². The van der Waals surface area contributed by atoms with Crippen molar-refractivity contribution < 1.29 is 55.1 Å². The highest BCUT2D eigenvalue weighted by atomic mass is 35.5. The van der Waals surface area contributed by atoms with Gasteiger partial charge in [0.05, 0.1) is 43.7 Å². The lowest BCUT2D eigenvalue weighted by molar-refractivity contribution is -0.117. The summed E-state index contributed by atoms with van der Waals surface area (Å²) in [6.45, 7) is 5.74. The smallest absolute Gasteiger partial charge is 0.329 e. The van der Waals surface area contributed by atoms with Crippen molar-refractivity contribution in [2.24, 2.45) is 34.7 Å². The van der Waals surface area contributed by atoms with E-state index in [1.165, 1.54) is 66.2 Å². The van der Waals surface area contributed by atoms with Crippen molar-refractivity contribution in [2.45, 2.75) is 57.1 Å². The molecule has 0 aromatic heterocycles. The Morgan fingerprint density at radius 2 is 0.963 bits per heavy atom. The van der Waals surface area contributed by atoms with Crippen molar-refractivity contribution in [3.8, 4) is 5.75 Å². The van der Waals surface area contributed by atoms with Gasteiger partial charge in [0.2, 0.25) is 0 Å². The zero-order chi connectivity index (χ0) is 60.9. The lowest BCUT2D eigenvalue weighted by atomic mass is 10.1. The Kier molecular flexibility index (Phi) is 34.2. The number of halogens is 4. The number of hydrazine groups is 3. The van der Waals surface area contributed by atoms with E-state index in [0.29, 0.717) is 28.1 Å². The maximum absolute atomic E-state index is 12.8. The highest BCUT2D eigenvalue weighted by Crippen LogP contribution is 2.19. The summed E-state index contributed by atoms with van der Waals surface area (Å²) < 4.78 is 66.3. The highest BCUT2D eigenvalue weighted by molar-refractivity contribution is 7.92. The number of benzene rings is 6. The van der Waals surface area contributed by atoms with Gasteiger partial charge in [0.15, 0.2) is 27.2 Å². The van der Waals surface area contributed by atoms with E-state index >= 15 is 0 Å². The number of ether oxygens (including phenoxy) is 1. The van der Waals surface area contributed by atoms with Crippen molar-refractivity contribution in [1.82, 2.24) is 32.2 Å². The van der Waals surface area contributed by atoms with Crippen LogP contribution in [0.3, 0.4) is 0 Å². The number of methoxy groups -OCH3 is 1. The number of ketones is 3. The normalized spacial score (nSPS) is 10.7. The van der Waals surface area contributed by atoms with E-state index in [9.17, 15) is 50.4 Å². The molecule has 1 unspecified atom stereocenters. The van der Waals surface area contributed by atoms with Gasteiger partial charge in [-0.25, -0.2) is 53.5 Å². The van der Waals surface area contributed by atoms with Crippen LogP contribution in [0.5, 0.6) is 5.75 Å². The molecule has 0 aliphatic carbocycles. The molecule has 6 aromatic rings. The number of carbonyl (C=O) groups is 6. The lowest BCUT2D eigenvalue weighted by Crippen LogP contribution is -2.40. The van der Waals surface area contributed by atoms with Crippen molar-refractivity contribution >= 4 is 56.9 Å². The summed E-state index contributed by atoms with van der Waals surface area (Å²) in [6.07, 6.45) is 0.673. The first-order valence-electron chi connectivity index (χ1n) is 24.3. The third kappa shape index (κ3) is 31.2. The number of rotatable bonds is 17. The first-order valence-corrected chi connectivity index (χ1v) is 26.3. The molecular formula is C55H70ClF3N12O9S. The Labute approximate surface area is 473 Å². The lowest BCUT2D eigenvalue weighted by Gasteiger charge is -2.14. The number of urea groups is 3. The van der Waals surface area contributed by atoms with Crippen LogP contribution in [0.1, 0.15) is 59.3 Å². The number of nitrogens with two attached hydrogens (primary N) is 6. The average Bonchev–Trinajstić information content (AvgIpc) is 3.46. The molecule has 0 spiro atoms. The van der Waals surface area contributed by atoms with Gasteiger partial charge in [-0.15, -0.1) is 0 Å². The minimum atomic E-state index is -3.58. The average molecular weight is 1170 g/mol. The summed E-state index contributed by atoms with van der Waals surface area (Å²) in [5.41, 5.74) is 26.5. The van der Waals surface area contributed by atoms with Crippen molar-refractivity contribution in [3.63, 3.8) is 0 Å². The van der Waals surface area contributed by atoms with E-state index < -0.39 is 39.5 Å². The summed E-state index contributed by atoms with van der Waals surface area (Å²) in [5.74, 6) is 13.4. The van der Waals surface area contributed by atoms with Gasteiger partial charge in [-0.1, -0.05) is 90.0 Å². The van der Waals surface area contributed by atoms with Crippen LogP contribution in [-0.4, -0.2) is 76.4 Å². The van der Waals surface area contributed by atoms with E-state index in [4.69, 9.17) is 51.1 Å². The zero-order valence-electron chi connectivity index (χ0n) is 45.0. The van der Waals surface area contributed by atoms with Crippen LogP contribution in [0.25, 0.3) is 0 Å². The molecule has 18 N–H and O–H groups in total. The fraction of sp³-hybridized carbons (Fsp3) is 0.236. The SMILES string of the molecule is CC(NC(=O)NN)c1cccc(F)c1.COc1cccc([C@@H](C)NC(=O)NN)c1.Cc1cccc(CC(=O)CN)c1.NCC(=O)CS(=O)(=O)c1ccc(Cl)cc1.NCC(=O)Cc1cccc(F)c1.NNC(=O)NCc1cccc(F)c1. The molecule has 438 valence electrons. The number of carbonyl (C=O) groups excluding carboxylic acids is 6. The second-order valence-electron chi connectivity index (χ2n) is 16.9. The summed E-state index contributed by atoms with van der Waals surface area (Å²) in [4.78, 5) is 65.3. The largest absolute Gasteiger partial charge is 0.497 e. The first kappa shape index (κ1) is 70.7. The van der Waals surface area contributed by atoms with Crippen LogP contribution in [-0.2, 0) is 43.6 Å². The van der Waals surface area contributed by atoms with E-state index in [-0.39, 0.29) is 78.6 Å². The minimum Gasteiger partial charge on any atom is -0.497 e. The van der Waals surface area contributed by atoms with Gasteiger partial charge in [-0.05, 0) is 121 Å². The number of nitrogens with one attached hydrogen (secondary N) is 6. The van der Waals surface area contributed by atoms with Gasteiger partial charge >= 0.3 is 18.1 Å². The third-order valence-corrected chi connectivity index (χ3v) is 12.3. The molecule has 0 heterocycles. The van der Waals surface area contributed by atoms with Crippen molar-refractivity contribution in [2.75, 3.05) is 32.5 Å². The number of hydrogen-bond acceptors (Lipinski definition) is 15. The molecule has 6 amide bonds. The van der Waals surface area contributed by atoms with Gasteiger partial charge in [-0.3, -0.25) is 30.7 Å². The van der Waals surface area contributed by atoms with Gasteiger partial charge in [0.1, 0.15) is 29.0 Å². The molecule has 0 bridgehead atoms. The molecule has 26 heteroatoms. The summed E-state index contributed by atoms with van der Waals surface area (Å²) in [5, 5.41) is 8.08. The quantitative estimate of drug-likeness (QED) is 0.0321. The number of amides is 6. The molecule has 21 nitrogen and oxygen atoms in total. The van der Waals surface area contributed by atoms with Crippen LogP contribution >= 0.6 is 11.6 Å². The molecule has 0 saturated carbocycles. The molecule has 0 saturated heterocycles. The van der Waals surface area contributed by atoms with Gasteiger partial charge in [0.25, 0.3) is 0 Å². The van der Waals surface area contributed by atoms with Crippen molar-refractivity contribution in [1.29, 1.82) is 0 Å². The Morgan fingerprint density at radius 3 is 1.41 bits per heavy atom. The van der Waals surface area contributed by atoms with Crippen LogP contribution < -0.4 is 71.7 Å². The molecule has 81 heavy (non-hydrogen) atoms. The monoisotopic (exact) mass is 1170 g/mol. The fourth-order valence-electron chi connectivity index (χ4n) is 6.28. The molecule has 0 radical (unpaired) electrons. The number of sulfone groups is 1. The third-order valence-electron chi connectivity index (χ3n) is 10.4. The van der Waals surface area contributed by atoms with Crippen molar-refractivity contribution in [3.05, 3.63) is 201 Å². The predicted octanol–water partition coefficient (Wildman–Crippen LogP) is 5.09. The Hall–Kier alpha value is -8.27. The summed E-state index contributed by atoms with van der Waals surface area (Å²) in [7, 11) is -1.98. The predicted molar refractivity (Wildman–Crippen MR) is 305 cm³/mol. The fourth-order valence-corrected chi connectivity index (χ4v) is 7.66. The number of hydrogen-bond donors (Lipinski definition) is 12. The molecule has 0 aliphatic heterocycles.